The first-order valence-electron chi connectivity index (χ1n) is 5.18. The predicted molar refractivity (Wildman–Crippen MR) is 62.4 cm³/mol. The summed E-state index contributed by atoms with van der Waals surface area (Å²) in [6.45, 7) is 0.776. The number of hydrogen-bond acceptors (Lipinski definition) is 3. The first kappa shape index (κ1) is 11.8. The van der Waals surface area contributed by atoms with Crippen LogP contribution >= 0.6 is 11.6 Å². The van der Waals surface area contributed by atoms with Crippen molar-refractivity contribution in [2.24, 2.45) is 0 Å². The second kappa shape index (κ2) is 5.59. The minimum atomic E-state index is -0.153. The SMILES string of the molecule is O=C(CCl)N(Cc1ccco1)Cc1ccco1. The number of halogens is 1. The van der Waals surface area contributed by atoms with Crippen molar-refractivity contribution in [3.05, 3.63) is 48.3 Å². The van der Waals surface area contributed by atoms with E-state index in [1.54, 1.807) is 29.6 Å². The molecule has 4 nitrogen and oxygen atoms in total. The number of rotatable bonds is 5. The lowest BCUT2D eigenvalue weighted by Crippen LogP contribution is -2.30. The summed E-state index contributed by atoms with van der Waals surface area (Å²) in [5, 5.41) is 0. The van der Waals surface area contributed by atoms with Crippen molar-refractivity contribution < 1.29 is 13.6 Å². The molecule has 0 saturated carbocycles. The van der Waals surface area contributed by atoms with Gasteiger partial charge in [-0.1, -0.05) is 0 Å². The maximum atomic E-state index is 11.7. The van der Waals surface area contributed by atoms with E-state index in [1.807, 2.05) is 12.1 Å². The average Bonchev–Trinajstić information content (AvgIpc) is 3.00. The molecule has 0 aliphatic heterocycles. The highest BCUT2D eigenvalue weighted by atomic mass is 35.5. The highest BCUT2D eigenvalue weighted by molar-refractivity contribution is 6.27. The zero-order valence-electron chi connectivity index (χ0n) is 9.14. The number of nitrogens with zero attached hydrogens (tertiary/aromatic N) is 1. The maximum absolute atomic E-state index is 11.7. The molecule has 2 rings (SSSR count). The summed E-state index contributed by atoms with van der Waals surface area (Å²) in [4.78, 5) is 13.3. The molecular weight excluding hydrogens is 242 g/mol. The van der Waals surface area contributed by atoms with Crippen LogP contribution in [0.1, 0.15) is 11.5 Å². The number of hydrogen-bond donors (Lipinski definition) is 0. The fourth-order valence-corrected chi connectivity index (χ4v) is 1.67. The normalized spacial score (nSPS) is 10.4. The van der Waals surface area contributed by atoms with E-state index in [0.717, 1.165) is 11.5 Å². The summed E-state index contributed by atoms with van der Waals surface area (Å²) in [5.74, 6) is 1.23. The van der Waals surface area contributed by atoms with Gasteiger partial charge in [-0.05, 0) is 24.3 Å². The summed E-state index contributed by atoms with van der Waals surface area (Å²) in [7, 11) is 0. The summed E-state index contributed by atoms with van der Waals surface area (Å²) in [6.07, 6.45) is 3.15. The van der Waals surface area contributed by atoms with Crippen LogP contribution in [0.25, 0.3) is 0 Å². The summed E-state index contributed by atoms with van der Waals surface area (Å²) < 4.78 is 10.4. The minimum absolute atomic E-state index is 0.0541. The van der Waals surface area contributed by atoms with Crippen molar-refractivity contribution >= 4 is 17.5 Å². The third-order valence-corrected chi connectivity index (χ3v) is 2.55. The Morgan fingerprint density at radius 3 is 2.00 bits per heavy atom. The molecule has 1 amide bonds. The van der Waals surface area contributed by atoms with E-state index in [-0.39, 0.29) is 11.8 Å². The molecule has 0 aliphatic carbocycles. The van der Waals surface area contributed by atoms with Crippen molar-refractivity contribution in [3.8, 4) is 0 Å². The zero-order valence-corrected chi connectivity index (χ0v) is 9.89. The third kappa shape index (κ3) is 3.14. The number of carbonyl (C=O) groups is 1. The van der Waals surface area contributed by atoms with Crippen molar-refractivity contribution in [1.29, 1.82) is 0 Å². The van der Waals surface area contributed by atoms with Gasteiger partial charge in [0.1, 0.15) is 17.4 Å². The smallest absolute Gasteiger partial charge is 0.238 e. The molecule has 0 aromatic carbocycles. The summed E-state index contributed by atoms with van der Waals surface area (Å²) in [5.41, 5.74) is 0. The van der Waals surface area contributed by atoms with Crippen molar-refractivity contribution in [2.45, 2.75) is 13.1 Å². The maximum Gasteiger partial charge on any atom is 0.238 e. The topological polar surface area (TPSA) is 46.6 Å². The van der Waals surface area contributed by atoms with E-state index in [0.29, 0.717) is 13.1 Å². The van der Waals surface area contributed by atoms with Gasteiger partial charge in [0.15, 0.2) is 0 Å². The van der Waals surface area contributed by atoms with Crippen LogP contribution in [0.15, 0.2) is 45.6 Å². The Labute approximate surface area is 104 Å². The van der Waals surface area contributed by atoms with E-state index in [2.05, 4.69) is 0 Å². The second-order valence-electron chi connectivity index (χ2n) is 3.54. The lowest BCUT2D eigenvalue weighted by atomic mass is 10.3. The van der Waals surface area contributed by atoms with Crippen LogP contribution in [0.4, 0.5) is 0 Å². The zero-order chi connectivity index (χ0) is 12.1. The van der Waals surface area contributed by atoms with Crippen LogP contribution in [0.5, 0.6) is 0 Å². The summed E-state index contributed by atoms with van der Waals surface area (Å²) >= 11 is 5.57. The van der Waals surface area contributed by atoms with Crippen LogP contribution in [0.2, 0.25) is 0 Å². The molecule has 90 valence electrons. The number of furan rings is 2. The van der Waals surface area contributed by atoms with E-state index in [4.69, 9.17) is 20.4 Å². The molecule has 0 unspecified atom stereocenters. The molecule has 0 N–H and O–H groups in total. The average molecular weight is 254 g/mol. The third-order valence-electron chi connectivity index (χ3n) is 2.32. The minimum Gasteiger partial charge on any atom is -0.467 e. The van der Waals surface area contributed by atoms with E-state index in [9.17, 15) is 4.79 Å². The van der Waals surface area contributed by atoms with E-state index >= 15 is 0 Å². The first-order valence-corrected chi connectivity index (χ1v) is 5.71. The van der Waals surface area contributed by atoms with E-state index in [1.165, 1.54) is 0 Å². The molecule has 0 spiro atoms. The molecule has 17 heavy (non-hydrogen) atoms. The Kier molecular flexibility index (Phi) is 3.88. The quantitative estimate of drug-likeness (QED) is 0.770. The molecule has 2 heterocycles. The fraction of sp³-hybridized carbons (Fsp3) is 0.250. The molecule has 2 aromatic heterocycles. The van der Waals surface area contributed by atoms with Gasteiger partial charge in [0, 0.05) is 0 Å². The van der Waals surface area contributed by atoms with Gasteiger partial charge in [-0.3, -0.25) is 4.79 Å². The molecule has 2 aromatic rings. The Bertz CT molecular complexity index is 414. The Balaban J connectivity index is 2.05. The van der Waals surface area contributed by atoms with Crippen LogP contribution in [-0.2, 0) is 17.9 Å². The highest BCUT2D eigenvalue weighted by Crippen LogP contribution is 2.11. The van der Waals surface area contributed by atoms with Crippen LogP contribution in [-0.4, -0.2) is 16.7 Å². The van der Waals surface area contributed by atoms with Crippen LogP contribution in [0.3, 0.4) is 0 Å². The van der Waals surface area contributed by atoms with Gasteiger partial charge in [0.2, 0.25) is 5.91 Å². The van der Waals surface area contributed by atoms with Gasteiger partial charge in [0.25, 0.3) is 0 Å². The number of carbonyl (C=O) groups excluding carboxylic acids is 1. The highest BCUT2D eigenvalue weighted by Gasteiger charge is 2.15. The van der Waals surface area contributed by atoms with Gasteiger partial charge in [0.05, 0.1) is 25.6 Å². The van der Waals surface area contributed by atoms with Crippen molar-refractivity contribution in [2.75, 3.05) is 5.88 Å². The molecule has 5 heteroatoms. The fourth-order valence-electron chi connectivity index (χ4n) is 1.50. The van der Waals surface area contributed by atoms with Gasteiger partial charge in [-0.2, -0.15) is 0 Å². The van der Waals surface area contributed by atoms with Gasteiger partial charge in [-0.25, -0.2) is 0 Å². The monoisotopic (exact) mass is 253 g/mol. The van der Waals surface area contributed by atoms with Gasteiger partial charge >= 0.3 is 0 Å². The number of alkyl halides is 1. The van der Waals surface area contributed by atoms with Gasteiger partial charge < -0.3 is 13.7 Å². The number of amides is 1. The molecular formula is C12H12ClNO3. The van der Waals surface area contributed by atoms with E-state index < -0.39 is 0 Å². The molecule has 0 saturated heterocycles. The summed E-state index contributed by atoms with van der Waals surface area (Å²) in [6, 6.07) is 7.20. The van der Waals surface area contributed by atoms with Gasteiger partial charge in [-0.15, -0.1) is 11.6 Å². The predicted octanol–water partition coefficient (Wildman–Crippen LogP) is 2.64. The lowest BCUT2D eigenvalue weighted by molar-refractivity contribution is -0.130. The molecule has 0 radical (unpaired) electrons. The standard InChI is InChI=1S/C12H12ClNO3/c13-7-12(15)14(8-10-3-1-5-16-10)9-11-4-2-6-17-11/h1-6H,7-9H2. The van der Waals surface area contributed by atoms with Crippen molar-refractivity contribution in [1.82, 2.24) is 4.90 Å². The molecule has 0 atom stereocenters. The Hall–Kier alpha value is -1.68. The molecule has 0 aliphatic rings. The first-order chi connectivity index (χ1) is 8.29. The van der Waals surface area contributed by atoms with Crippen molar-refractivity contribution in [3.63, 3.8) is 0 Å². The molecule has 0 bridgehead atoms. The lowest BCUT2D eigenvalue weighted by Gasteiger charge is -2.19. The van der Waals surface area contributed by atoms with Crippen LogP contribution < -0.4 is 0 Å². The Morgan fingerprint density at radius 1 is 1.12 bits per heavy atom. The molecule has 0 fully saturated rings. The Morgan fingerprint density at radius 2 is 1.65 bits per heavy atom. The van der Waals surface area contributed by atoms with Crippen LogP contribution in [0, 0.1) is 0 Å². The second-order valence-corrected chi connectivity index (χ2v) is 3.81. The largest absolute Gasteiger partial charge is 0.467 e.